The molecule has 3 N–H and O–H groups in total. The minimum atomic E-state index is -0.169. The molecule has 0 saturated carbocycles. The lowest BCUT2D eigenvalue weighted by Gasteiger charge is -2.36. The number of benzene rings is 2. The molecule has 1 aliphatic rings. The minimum Gasteiger partial charge on any atom is -0.397 e. The normalized spacial score (nSPS) is 17.2. The van der Waals surface area contributed by atoms with Crippen molar-refractivity contribution >= 4 is 34.6 Å². The van der Waals surface area contributed by atoms with Crippen LogP contribution >= 0.6 is 11.6 Å². The summed E-state index contributed by atoms with van der Waals surface area (Å²) < 4.78 is 0. The number of nitrogens with one attached hydrogen (secondary N) is 1. The highest BCUT2D eigenvalue weighted by atomic mass is 35.5. The van der Waals surface area contributed by atoms with Crippen molar-refractivity contribution in [2.24, 2.45) is 0 Å². The van der Waals surface area contributed by atoms with Gasteiger partial charge in [0.1, 0.15) is 0 Å². The zero-order chi connectivity index (χ0) is 18.7. The number of carbonyl (C=O) groups is 1. The number of halogens is 1. The van der Waals surface area contributed by atoms with Gasteiger partial charge < -0.3 is 16.0 Å². The Morgan fingerprint density at radius 1 is 1.27 bits per heavy atom. The number of nitrogens with two attached hydrogens (primary N) is 1. The van der Waals surface area contributed by atoms with Gasteiger partial charge in [0.05, 0.1) is 22.1 Å². The van der Waals surface area contributed by atoms with Gasteiger partial charge in [-0.15, -0.1) is 0 Å². The van der Waals surface area contributed by atoms with Crippen molar-refractivity contribution in [1.29, 1.82) is 0 Å². The molecule has 1 heterocycles. The second-order valence-electron chi connectivity index (χ2n) is 6.93. The first-order chi connectivity index (χ1) is 12.5. The molecule has 1 saturated heterocycles. The number of piperidine rings is 1. The topological polar surface area (TPSA) is 58.4 Å². The second kappa shape index (κ2) is 8.00. The third-order valence-corrected chi connectivity index (χ3v) is 5.41. The van der Waals surface area contributed by atoms with E-state index in [1.54, 1.807) is 6.07 Å². The van der Waals surface area contributed by atoms with E-state index in [1.165, 1.54) is 12.0 Å². The maximum Gasteiger partial charge on any atom is 0.255 e. The van der Waals surface area contributed by atoms with E-state index in [9.17, 15) is 4.79 Å². The predicted molar refractivity (Wildman–Crippen MR) is 110 cm³/mol. The SMILES string of the molecule is CCc1ccc(C(=O)Nc2cc(N3CCCC[C@@H]3C)c(N)cc2Cl)cc1. The van der Waals surface area contributed by atoms with E-state index >= 15 is 0 Å². The highest BCUT2D eigenvalue weighted by Crippen LogP contribution is 2.36. The van der Waals surface area contributed by atoms with Crippen LogP contribution in [-0.2, 0) is 6.42 Å². The molecule has 2 aromatic carbocycles. The van der Waals surface area contributed by atoms with E-state index < -0.39 is 0 Å². The molecular weight excluding hydrogens is 346 g/mol. The van der Waals surface area contributed by atoms with Crippen molar-refractivity contribution < 1.29 is 4.79 Å². The Bertz CT molecular complexity index is 789. The molecule has 138 valence electrons. The van der Waals surface area contributed by atoms with Crippen LogP contribution in [0.5, 0.6) is 0 Å². The van der Waals surface area contributed by atoms with Gasteiger partial charge in [-0.1, -0.05) is 30.7 Å². The highest BCUT2D eigenvalue weighted by Gasteiger charge is 2.22. The van der Waals surface area contributed by atoms with Crippen molar-refractivity contribution in [2.45, 2.75) is 45.6 Å². The summed E-state index contributed by atoms with van der Waals surface area (Å²) in [4.78, 5) is 14.9. The van der Waals surface area contributed by atoms with E-state index in [1.807, 2.05) is 30.3 Å². The molecule has 1 amide bonds. The Labute approximate surface area is 160 Å². The average Bonchev–Trinajstić information content (AvgIpc) is 2.64. The average molecular weight is 372 g/mol. The zero-order valence-corrected chi connectivity index (χ0v) is 16.1. The van der Waals surface area contributed by atoms with Gasteiger partial charge in [0.15, 0.2) is 0 Å². The molecule has 2 aromatic rings. The molecule has 1 fully saturated rings. The van der Waals surface area contributed by atoms with Gasteiger partial charge in [0.2, 0.25) is 0 Å². The van der Waals surface area contributed by atoms with Crippen molar-refractivity contribution in [2.75, 3.05) is 22.5 Å². The summed E-state index contributed by atoms with van der Waals surface area (Å²) in [6, 6.07) is 11.7. The largest absolute Gasteiger partial charge is 0.397 e. The number of anilines is 3. The second-order valence-corrected chi connectivity index (χ2v) is 7.34. The first-order valence-corrected chi connectivity index (χ1v) is 9.63. The molecule has 3 rings (SSSR count). The van der Waals surface area contributed by atoms with Crippen LogP contribution in [0.2, 0.25) is 5.02 Å². The standard InChI is InChI=1S/C21H26ClN3O/c1-3-15-7-9-16(10-8-15)21(26)24-19-13-20(18(23)12-17(19)22)25-11-5-4-6-14(25)2/h7-10,12-14H,3-6,11,23H2,1-2H3,(H,24,26)/t14-/m0/s1. The number of rotatable bonds is 4. The fourth-order valence-electron chi connectivity index (χ4n) is 3.46. The Morgan fingerprint density at radius 3 is 2.65 bits per heavy atom. The lowest BCUT2D eigenvalue weighted by Crippen LogP contribution is -2.37. The summed E-state index contributed by atoms with van der Waals surface area (Å²) in [6.45, 7) is 5.27. The Kier molecular flexibility index (Phi) is 5.72. The summed E-state index contributed by atoms with van der Waals surface area (Å²) in [5.41, 5.74) is 10.2. The molecular formula is C21H26ClN3O. The van der Waals surface area contributed by atoms with E-state index in [0.29, 0.717) is 28.0 Å². The molecule has 0 radical (unpaired) electrons. The number of carbonyl (C=O) groups excluding carboxylic acids is 1. The van der Waals surface area contributed by atoms with Crippen LogP contribution in [0.1, 0.15) is 49.0 Å². The van der Waals surface area contributed by atoms with Crippen molar-refractivity contribution in [3.63, 3.8) is 0 Å². The molecule has 0 bridgehead atoms. The van der Waals surface area contributed by atoms with Gasteiger partial charge in [0, 0.05) is 18.2 Å². The molecule has 0 spiro atoms. The number of hydrogen-bond acceptors (Lipinski definition) is 3. The number of hydrogen-bond donors (Lipinski definition) is 2. The lowest BCUT2D eigenvalue weighted by atomic mass is 10.0. The van der Waals surface area contributed by atoms with Crippen LogP contribution in [-0.4, -0.2) is 18.5 Å². The third kappa shape index (κ3) is 3.96. The van der Waals surface area contributed by atoms with E-state index in [0.717, 1.165) is 31.5 Å². The van der Waals surface area contributed by atoms with Crippen molar-refractivity contribution in [3.05, 3.63) is 52.5 Å². The first kappa shape index (κ1) is 18.6. The molecule has 0 aromatic heterocycles. The molecule has 0 unspecified atom stereocenters. The molecule has 0 aliphatic carbocycles. The van der Waals surface area contributed by atoms with Gasteiger partial charge in [-0.2, -0.15) is 0 Å². The van der Waals surface area contributed by atoms with E-state index in [2.05, 4.69) is 24.1 Å². The molecule has 26 heavy (non-hydrogen) atoms. The predicted octanol–water partition coefficient (Wildman–Crippen LogP) is 5.12. The summed E-state index contributed by atoms with van der Waals surface area (Å²) in [7, 11) is 0. The maximum absolute atomic E-state index is 12.6. The summed E-state index contributed by atoms with van der Waals surface area (Å²) in [5, 5.41) is 3.39. The molecule has 4 nitrogen and oxygen atoms in total. The number of nitrogens with zero attached hydrogens (tertiary/aromatic N) is 1. The summed E-state index contributed by atoms with van der Waals surface area (Å²) in [6.07, 6.45) is 4.48. The van der Waals surface area contributed by atoms with Gasteiger partial charge in [-0.05, 0) is 62.4 Å². The molecule has 1 atom stereocenters. The quantitative estimate of drug-likeness (QED) is 0.733. The molecule has 1 aliphatic heterocycles. The zero-order valence-electron chi connectivity index (χ0n) is 15.4. The van der Waals surface area contributed by atoms with Gasteiger partial charge in [-0.3, -0.25) is 4.79 Å². The highest BCUT2D eigenvalue weighted by molar-refractivity contribution is 6.34. The first-order valence-electron chi connectivity index (χ1n) is 9.25. The lowest BCUT2D eigenvalue weighted by molar-refractivity contribution is 0.102. The van der Waals surface area contributed by atoms with Gasteiger partial charge >= 0.3 is 0 Å². The number of nitrogen functional groups attached to an aromatic ring is 1. The van der Waals surface area contributed by atoms with Crippen LogP contribution in [0, 0.1) is 0 Å². The van der Waals surface area contributed by atoms with Crippen LogP contribution in [0.3, 0.4) is 0 Å². The fourth-order valence-corrected chi connectivity index (χ4v) is 3.68. The summed E-state index contributed by atoms with van der Waals surface area (Å²) in [5.74, 6) is -0.169. The monoisotopic (exact) mass is 371 g/mol. The maximum atomic E-state index is 12.6. The Morgan fingerprint density at radius 2 is 2.00 bits per heavy atom. The van der Waals surface area contributed by atoms with Crippen LogP contribution < -0.4 is 16.0 Å². The van der Waals surface area contributed by atoms with Crippen molar-refractivity contribution in [1.82, 2.24) is 0 Å². The smallest absolute Gasteiger partial charge is 0.255 e. The van der Waals surface area contributed by atoms with Crippen molar-refractivity contribution in [3.8, 4) is 0 Å². The van der Waals surface area contributed by atoms with E-state index in [-0.39, 0.29) is 5.91 Å². The Balaban J connectivity index is 1.84. The third-order valence-electron chi connectivity index (χ3n) is 5.10. The Hall–Kier alpha value is -2.20. The molecule has 5 heteroatoms. The van der Waals surface area contributed by atoms with E-state index in [4.69, 9.17) is 17.3 Å². The van der Waals surface area contributed by atoms with Gasteiger partial charge in [-0.25, -0.2) is 0 Å². The van der Waals surface area contributed by atoms with Crippen LogP contribution in [0.15, 0.2) is 36.4 Å². The fraction of sp³-hybridized carbons (Fsp3) is 0.381. The van der Waals surface area contributed by atoms with Crippen LogP contribution in [0.25, 0.3) is 0 Å². The van der Waals surface area contributed by atoms with Gasteiger partial charge in [0.25, 0.3) is 5.91 Å². The van der Waals surface area contributed by atoms with Crippen LogP contribution in [0.4, 0.5) is 17.1 Å². The minimum absolute atomic E-state index is 0.169. The number of amides is 1. The summed E-state index contributed by atoms with van der Waals surface area (Å²) >= 11 is 6.34. The number of aryl methyl sites for hydroxylation is 1.